The maximum Gasteiger partial charge on any atom is 0.316 e. The minimum atomic E-state index is -0.480. The van der Waals surface area contributed by atoms with E-state index in [0.29, 0.717) is 5.02 Å². The second-order valence-electron chi connectivity index (χ2n) is 4.70. The lowest BCUT2D eigenvalue weighted by atomic mass is 10.0. The molecule has 0 N–H and O–H groups in total. The van der Waals surface area contributed by atoms with Gasteiger partial charge in [-0.25, -0.2) is 0 Å². The van der Waals surface area contributed by atoms with E-state index in [1.807, 2.05) is 43.3 Å². The zero-order chi connectivity index (χ0) is 15.2. The summed E-state index contributed by atoms with van der Waals surface area (Å²) in [6.45, 7) is 2.18. The van der Waals surface area contributed by atoms with Gasteiger partial charge in [0.1, 0.15) is 18.3 Å². The molecule has 4 heteroatoms. The van der Waals surface area contributed by atoms with Crippen molar-refractivity contribution in [2.75, 3.05) is 13.7 Å². The first-order valence-electron chi connectivity index (χ1n) is 6.63. The minimum Gasteiger partial charge on any atom is -0.492 e. The Labute approximate surface area is 129 Å². The summed E-state index contributed by atoms with van der Waals surface area (Å²) < 4.78 is 10.6. The second-order valence-corrected chi connectivity index (χ2v) is 5.14. The van der Waals surface area contributed by atoms with Crippen LogP contribution >= 0.6 is 11.6 Å². The lowest BCUT2D eigenvalue weighted by Crippen LogP contribution is -2.21. The fraction of sp³-hybridized carbons (Fsp3) is 0.235. The van der Waals surface area contributed by atoms with E-state index in [0.717, 1.165) is 16.9 Å². The molecular formula is C17H17ClO3. The van der Waals surface area contributed by atoms with E-state index < -0.39 is 5.92 Å². The molecule has 21 heavy (non-hydrogen) atoms. The third-order valence-electron chi connectivity index (χ3n) is 3.26. The van der Waals surface area contributed by atoms with E-state index in [9.17, 15) is 4.79 Å². The zero-order valence-electron chi connectivity index (χ0n) is 12.0. The van der Waals surface area contributed by atoms with Crippen LogP contribution in [-0.4, -0.2) is 19.7 Å². The van der Waals surface area contributed by atoms with Crippen LogP contribution in [0.15, 0.2) is 48.5 Å². The number of carbonyl (C=O) groups is 1. The molecule has 1 unspecified atom stereocenters. The Morgan fingerprint density at radius 2 is 1.81 bits per heavy atom. The third-order valence-corrected chi connectivity index (χ3v) is 3.51. The monoisotopic (exact) mass is 304 g/mol. The summed E-state index contributed by atoms with van der Waals surface area (Å²) in [5, 5.41) is 0.627. The third kappa shape index (κ3) is 3.99. The molecule has 2 aromatic carbocycles. The van der Waals surface area contributed by atoms with Crippen LogP contribution < -0.4 is 4.74 Å². The summed E-state index contributed by atoms with van der Waals surface area (Å²) in [7, 11) is 1.37. The number of carbonyl (C=O) groups excluding carboxylic acids is 1. The van der Waals surface area contributed by atoms with Crippen molar-refractivity contribution in [1.29, 1.82) is 0 Å². The molecule has 0 fully saturated rings. The van der Waals surface area contributed by atoms with Gasteiger partial charge in [-0.1, -0.05) is 41.9 Å². The Balaban J connectivity index is 2.16. The molecule has 1 atom stereocenters. The van der Waals surface area contributed by atoms with Crippen molar-refractivity contribution < 1.29 is 14.3 Å². The smallest absolute Gasteiger partial charge is 0.316 e. The van der Waals surface area contributed by atoms with Gasteiger partial charge in [-0.3, -0.25) is 4.79 Å². The molecule has 0 heterocycles. The maximum absolute atomic E-state index is 12.0. The number of methoxy groups -OCH3 is 1. The highest BCUT2D eigenvalue weighted by molar-refractivity contribution is 6.30. The average molecular weight is 305 g/mol. The Hall–Kier alpha value is -2.00. The largest absolute Gasteiger partial charge is 0.492 e. The van der Waals surface area contributed by atoms with Crippen molar-refractivity contribution in [2.24, 2.45) is 0 Å². The predicted octanol–water partition coefficient (Wildman–Crippen LogP) is 3.98. The van der Waals surface area contributed by atoms with Gasteiger partial charge < -0.3 is 9.47 Å². The molecule has 0 spiro atoms. The van der Waals surface area contributed by atoms with Gasteiger partial charge in [0, 0.05) is 5.02 Å². The summed E-state index contributed by atoms with van der Waals surface area (Å²) in [5.41, 5.74) is 1.84. The van der Waals surface area contributed by atoms with Crippen LogP contribution in [0.5, 0.6) is 5.75 Å². The van der Waals surface area contributed by atoms with Crippen LogP contribution in [0.4, 0.5) is 0 Å². The Kier molecular flexibility index (Phi) is 5.23. The van der Waals surface area contributed by atoms with E-state index >= 15 is 0 Å². The van der Waals surface area contributed by atoms with Crippen LogP contribution in [0.25, 0.3) is 0 Å². The number of para-hydroxylation sites is 1. The summed E-state index contributed by atoms with van der Waals surface area (Å²) in [4.78, 5) is 12.0. The van der Waals surface area contributed by atoms with Gasteiger partial charge in [0.2, 0.25) is 0 Å². The van der Waals surface area contributed by atoms with Gasteiger partial charge >= 0.3 is 5.97 Å². The van der Waals surface area contributed by atoms with E-state index in [-0.39, 0.29) is 12.6 Å². The first-order valence-corrected chi connectivity index (χ1v) is 7.01. The van der Waals surface area contributed by atoms with Crippen molar-refractivity contribution in [3.8, 4) is 5.75 Å². The molecule has 0 radical (unpaired) electrons. The molecule has 0 bridgehead atoms. The standard InChI is InChI=1S/C17H17ClO3/c1-12-5-3-4-6-16(12)21-11-15(17(19)20-2)13-7-9-14(18)10-8-13/h3-10,15H,11H2,1-2H3. The topological polar surface area (TPSA) is 35.5 Å². The highest BCUT2D eigenvalue weighted by Gasteiger charge is 2.22. The summed E-state index contributed by atoms with van der Waals surface area (Å²) in [5.74, 6) is -0.0434. The molecule has 0 aromatic heterocycles. The Morgan fingerprint density at radius 1 is 1.14 bits per heavy atom. The highest BCUT2D eigenvalue weighted by Crippen LogP contribution is 2.23. The molecule has 0 saturated heterocycles. The molecule has 0 aliphatic rings. The van der Waals surface area contributed by atoms with Crippen LogP contribution in [0.2, 0.25) is 5.02 Å². The van der Waals surface area contributed by atoms with E-state index in [2.05, 4.69) is 0 Å². The normalized spacial score (nSPS) is 11.8. The summed E-state index contributed by atoms with van der Waals surface area (Å²) in [6, 6.07) is 14.8. The van der Waals surface area contributed by atoms with Crippen LogP contribution in [-0.2, 0) is 9.53 Å². The van der Waals surface area contributed by atoms with Crippen LogP contribution in [0.1, 0.15) is 17.0 Å². The number of halogens is 1. The lowest BCUT2D eigenvalue weighted by molar-refractivity contribution is -0.143. The van der Waals surface area contributed by atoms with Crippen molar-refractivity contribution in [2.45, 2.75) is 12.8 Å². The number of rotatable bonds is 5. The highest BCUT2D eigenvalue weighted by atomic mass is 35.5. The SMILES string of the molecule is COC(=O)C(COc1ccccc1C)c1ccc(Cl)cc1. The lowest BCUT2D eigenvalue weighted by Gasteiger charge is -2.17. The van der Waals surface area contributed by atoms with Crippen molar-refractivity contribution >= 4 is 17.6 Å². The van der Waals surface area contributed by atoms with E-state index in [1.54, 1.807) is 12.1 Å². The Bertz CT molecular complexity index is 608. The fourth-order valence-corrected chi connectivity index (χ4v) is 2.16. The number of aryl methyl sites for hydroxylation is 1. The van der Waals surface area contributed by atoms with Crippen molar-refractivity contribution in [3.63, 3.8) is 0 Å². The van der Waals surface area contributed by atoms with Gasteiger partial charge in [-0.05, 0) is 36.2 Å². The first kappa shape index (κ1) is 15.4. The molecule has 0 amide bonds. The quantitative estimate of drug-likeness (QED) is 0.784. The minimum absolute atomic E-state index is 0.221. The molecule has 110 valence electrons. The fourth-order valence-electron chi connectivity index (χ4n) is 2.03. The van der Waals surface area contributed by atoms with Gasteiger partial charge in [-0.2, -0.15) is 0 Å². The van der Waals surface area contributed by atoms with E-state index in [4.69, 9.17) is 21.1 Å². The van der Waals surface area contributed by atoms with Gasteiger partial charge in [-0.15, -0.1) is 0 Å². The molecule has 0 aliphatic carbocycles. The zero-order valence-corrected chi connectivity index (χ0v) is 12.8. The first-order chi connectivity index (χ1) is 10.1. The van der Waals surface area contributed by atoms with Gasteiger partial charge in [0.05, 0.1) is 7.11 Å². The molecule has 3 nitrogen and oxygen atoms in total. The number of esters is 1. The molecule has 2 aromatic rings. The van der Waals surface area contributed by atoms with Crippen molar-refractivity contribution in [3.05, 3.63) is 64.7 Å². The molecule has 2 rings (SSSR count). The summed E-state index contributed by atoms with van der Waals surface area (Å²) >= 11 is 5.88. The van der Waals surface area contributed by atoms with Crippen molar-refractivity contribution in [1.82, 2.24) is 0 Å². The number of benzene rings is 2. The van der Waals surface area contributed by atoms with Gasteiger partial charge in [0.25, 0.3) is 0 Å². The maximum atomic E-state index is 12.0. The van der Waals surface area contributed by atoms with E-state index in [1.165, 1.54) is 7.11 Å². The van der Waals surface area contributed by atoms with Gasteiger partial charge in [0.15, 0.2) is 0 Å². The number of hydrogen-bond acceptors (Lipinski definition) is 3. The molecule has 0 saturated carbocycles. The second kappa shape index (κ2) is 7.14. The number of ether oxygens (including phenoxy) is 2. The van der Waals surface area contributed by atoms with Crippen LogP contribution in [0.3, 0.4) is 0 Å². The van der Waals surface area contributed by atoms with Crippen LogP contribution in [0, 0.1) is 6.92 Å². The number of hydrogen-bond donors (Lipinski definition) is 0. The average Bonchev–Trinajstić information content (AvgIpc) is 2.50. The Morgan fingerprint density at radius 3 is 2.43 bits per heavy atom. The molecule has 0 aliphatic heterocycles. The summed E-state index contributed by atoms with van der Waals surface area (Å²) in [6.07, 6.45) is 0. The predicted molar refractivity (Wildman–Crippen MR) is 82.9 cm³/mol. The molecular weight excluding hydrogens is 288 g/mol.